The molecule has 0 aliphatic carbocycles. The Labute approximate surface area is 168 Å². The number of amides is 2. The molecule has 0 spiro atoms. The minimum atomic E-state index is -0.944. The van der Waals surface area contributed by atoms with Crippen LogP contribution in [-0.2, 0) is 17.7 Å². The van der Waals surface area contributed by atoms with E-state index < -0.39 is 40.9 Å². The van der Waals surface area contributed by atoms with Crippen molar-refractivity contribution in [1.29, 1.82) is 0 Å². The van der Waals surface area contributed by atoms with Crippen LogP contribution in [0.25, 0.3) is 0 Å². The maximum atomic E-state index is 13.8. The molecule has 1 saturated heterocycles. The molecule has 3 aliphatic heterocycles. The summed E-state index contributed by atoms with van der Waals surface area (Å²) in [6.07, 6.45) is 0.386. The predicted molar refractivity (Wildman–Crippen MR) is 98.0 cm³/mol. The molecule has 1 aromatic carbocycles. The van der Waals surface area contributed by atoms with E-state index in [2.05, 4.69) is 5.32 Å². The highest BCUT2D eigenvalue weighted by Gasteiger charge is 2.49. The van der Waals surface area contributed by atoms with E-state index in [1.165, 1.54) is 11.0 Å². The van der Waals surface area contributed by atoms with Crippen molar-refractivity contribution in [2.24, 2.45) is 0 Å². The fraction of sp³-hybridized carbons (Fsp3) is 0.350. The summed E-state index contributed by atoms with van der Waals surface area (Å²) >= 11 is 0. The van der Waals surface area contributed by atoms with Crippen molar-refractivity contribution in [3.63, 3.8) is 0 Å². The first kappa shape index (κ1) is 18.7. The standard InChI is InChI=1S/C20H17F2N3O5/c21-10-2-1-9(11(22)7-10)8-23-18(28)14-12-3-4-13-20-24(5-6-30-20)19(29)15(25(12)13)17(27)16(14)26/h1-2,7,13,20,27H,3-6,8H2,(H,23,28). The lowest BCUT2D eigenvalue weighted by molar-refractivity contribution is -0.0124. The summed E-state index contributed by atoms with van der Waals surface area (Å²) < 4.78 is 34.1. The summed E-state index contributed by atoms with van der Waals surface area (Å²) in [5.41, 5.74) is -0.952. The van der Waals surface area contributed by atoms with Gasteiger partial charge < -0.3 is 24.6 Å². The number of aromatic nitrogens is 1. The van der Waals surface area contributed by atoms with Gasteiger partial charge in [0.2, 0.25) is 5.43 Å². The first-order valence-electron chi connectivity index (χ1n) is 9.53. The maximum absolute atomic E-state index is 13.8. The van der Waals surface area contributed by atoms with E-state index in [0.717, 1.165) is 6.07 Å². The molecule has 0 bridgehead atoms. The van der Waals surface area contributed by atoms with E-state index in [-0.39, 0.29) is 29.4 Å². The Morgan fingerprint density at radius 1 is 1.30 bits per heavy atom. The molecule has 2 aromatic rings. The van der Waals surface area contributed by atoms with Crippen LogP contribution in [0.2, 0.25) is 0 Å². The van der Waals surface area contributed by atoms with Gasteiger partial charge in [0.05, 0.1) is 12.6 Å². The van der Waals surface area contributed by atoms with E-state index >= 15 is 0 Å². The molecule has 8 nitrogen and oxygen atoms in total. The number of aromatic hydroxyl groups is 1. The summed E-state index contributed by atoms with van der Waals surface area (Å²) in [5, 5.41) is 12.9. The number of hydrogen-bond donors (Lipinski definition) is 2. The summed E-state index contributed by atoms with van der Waals surface area (Å²) in [6.45, 7) is 0.459. The number of nitrogens with one attached hydrogen (secondary N) is 1. The van der Waals surface area contributed by atoms with Gasteiger partial charge in [0.15, 0.2) is 17.7 Å². The second-order valence-corrected chi connectivity index (χ2v) is 7.50. The third kappa shape index (κ3) is 2.56. The average Bonchev–Trinajstić information content (AvgIpc) is 3.35. The molecule has 0 saturated carbocycles. The van der Waals surface area contributed by atoms with Crippen LogP contribution >= 0.6 is 0 Å². The topological polar surface area (TPSA) is 101 Å². The van der Waals surface area contributed by atoms with Crippen LogP contribution in [0.4, 0.5) is 8.78 Å². The number of nitrogens with zero attached hydrogens (tertiary/aromatic N) is 2. The Balaban J connectivity index is 1.53. The van der Waals surface area contributed by atoms with Crippen molar-refractivity contribution in [3.8, 4) is 5.75 Å². The Kier molecular flexibility index (Phi) is 4.14. The number of carbonyl (C=O) groups excluding carboxylic acids is 2. The summed E-state index contributed by atoms with van der Waals surface area (Å²) in [4.78, 5) is 39.9. The van der Waals surface area contributed by atoms with Crippen LogP contribution in [-0.4, -0.2) is 45.8 Å². The van der Waals surface area contributed by atoms with Crippen LogP contribution in [0.15, 0.2) is 23.0 Å². The zero-order valence-electron chi connectivity index (χ0n) is 15.7. The van der Waals surface area contributed by atoms with E-state index in [4.69, 9.17) is 4.74 Å². The normalized spacial score (nSPS) is 21.5. The van der Waals surface area contributed by atoms with Crippen LogP contribution in [0.1, 0.15) is 44.6 Å². The van der Waals surface area contributed by atoms with Gasteiger partial charge in [0.25, 0.3) is 11.8 Å². The van der Waals surface area contributed by atoms with Gasteiger partial charge in [0, 0.05) is 30.4 Å². The molecule has 4 heterocycles. The first-order chi connectivity index (χ1) is 14.4. The molecule has 30 heavy (non-hydrogen) atoms. The lowest BCUT2D eigenvalue weighted by atomic mass is 10.1. The second-order valence-electron chi connectivity index (χ2n) is 7.50. The molecule has 1 fully saturated rings. The number of hydrogen-bond acceptors (Lipinski definition) is 5. The number of ether oxygens (including phenoxy) is 1. The van der Waals surface area contributed by atoms with E-state index in [0.29, 0.717) is 37.8 Å². The Hall–Kier alpha value is -3.27. The fourth-order valence-electron chi connectivity index (χ4n) is 4.55. The Bertz CT molecular complexity index is 1160. The monoisotopic (exact) mass is 417 g/mol. The third-order valence-corrected chi connectivity index (χ3v) is 5.90. The molecule has 156 valence electrons. The highest BCUT2D eigenvalue weighted by atomic mass is 19.1. The minimum absolute atomic E-state index is 0.0477. The smallest absolute Gasteiger partial charge is 0.276 e. The van der Waals surface area contributed by atoms with E-state index in [1.54, 1.807) is 4.57 Å². The molecule has 5 rings (SSSR count). The van der Waals surface area contributed by atoms with Crippen LogP contribution in [0.5, 0.6) is 5.75 Å². The molecule has 2 N–H and O–H groups in total. The van der Waals surface area contributed by atoms with Gasteiger partial charge in [-0.3, -0.25) is 14.4 Å². The third-order valence-electron chi connectivity index (χ3n) is 5.90. The number of fused-ring (bicyclic) bond motifs is 2. The van der Waals surface area contributed by atoms with Crippen LogP contribution in [0.3, 0.4) is 0 Å². The molecule has 2 atom stereocenters. The van der Waals surface area contributed by atoms with Gasteiger partial charge in [0.1, 0.15) is 17.2 Å². The van der Waals surface area contributed by atoms with E-state index in [1.807, 2.05) is 0 Å². The quantitative estimate of drug-likeness (QED) is 0.778. The lowest BCUT2D eigenvalue weighted by Crippen LogP contribution is -2.48. The molecule has 1 aromatic heterocycles. The number of rotatable bonds is 3. The van der Waals surface area contributed by atoms with Crippen molar-refractivity contribution in [2.75, 3.05) is 13.2 Å². The van der Waals surface area contributed by atoms with Crippen molar-refractivity contribution in [3.05, 3.63) is 62.6 Å². The Morgan fingerprint density at radius 2 is 2.10 bits per heavy atom. The second kappa shape index (κ2) is 6.63. The molecule has 10 heteroatoms. The van der Waals surface area contributed by atoms with Crippen LogP contribution in [0, 0.1) is 11.6 Å². The number of halogens is 2. The first-order valence-corrected chi connectivity index (χ1v) is 9.53. The van der Waals surface area contributed by atoms with Gasteiger partial charge in [-0.2, -0.15) is 0 Å². The number of pyridine rings is 1. The van der Waals surface area contributed by atoms with Crippen molar-refractivity contribution < 1.29 is 28.2 Å². The van der Waals surface area contributed by atoms with Gasteiger partial charge >= 0.3 is 0 Å². The zero-order valence-corrected chi connectivity index (χ0v) is 15.7. The highest BCUT2D eigenvalue weighted by Crippen LogP contribution is 2.41. The zero-order chi connectivity index (χ0) is 21.2. The van der Waals surface area contributed by atoms with Crippen molar-refractivity contribution in [1.82, 2.24) is 14.8 Å². The SMILES string of the molecule is O=C(NCc1ccc(F)cc1F)c1c2n3c(c(O)c1=O)C(=O)N1CCOC1C3CC2. The number of carbonyl (C=O) groups is 2. The number of benzene rings is 1. The summed E-state index contributed by atoms with van der Waals surface area (Å²) in [7, 11) is 0. The lowest BCUT2D eigenvalue weighted by Gasteiger charge is -2.36. The fourth-order valence-corrected chi connectivity index (χ4v) is 4.55. The maximum Gasteiger partial charge on any atom is 0.276 e. The van der Waals surface area contributed by atoms with Crippen LogP contribution < -0.4 is 10.7 Å². The molecule has 3 aliphatic rings. The van der Waals surface area contributed by atoms with E-state index in [9.17, 15) is 28.3 Å². The summed E-state index contributed by atoms with van der Waals surface area (Å²) in [5.74, 6) is -3.65. The molecule has 2 unspecified atom stereocenters. The van der Waals surface area contributed by atoms with Gasteiger partial charge in [-0.1, -0.05) is 6.07 Å². The highest BCUT2D eigenvalue weighted by molar-refractivity contribution is 6.00. The Morgan fingerprint density at radius 3 is 2.87 bits per heavy atom. The van der Waals surface area contributed by atoms with Crippen molar-refractivity contribution in [2.45, 2.75) is 31.7 Å². The van der Waals surface area contributed by atoms with Gasteiger partial charge in [-0.25, -0.2) is 8.78 Å². The molecule has 2 amide bonds. The molecule has 0 radical (unpaired) electrons. The molecular formula is C20H17F2N3O5. The van der Waals surface area contributed by atoms with Gasteiger partial charge in [-0.05, 0) is 18.9 Å². The largest absolute Gasteiger partial charge is 0.503 e. The summed E-state index contributed by atoms with van der Waals surface area (Å²) in [6, 6.07) is 2.65. The van der Waals surface area contributed by atoms with Gasteiger partial charge in [-0.15, -0.1) is 0 Å². The average molecular weight is 417 g/mol. The van der Waals surface area contributed by atoms with Crippen molar-refractivity contribution >= 4 is 11.8 Å². The minimum Gasteiger partial charge on any atom is -0.503 e. The predicted octanol–water partition coefficient (Wildman–Crippen LogP) is 1.06. The molecular weight excluding hydrogens is 400 g/mol.